The van der Waals surface area contributed by atoms with Gasteiger partial charge in [-0.2, -0.15) is 0 Å². The van der Waals surface area contributed by atoms with Gasteiger partial charge in [-0.05, 0) is 61.7 Å². The molecule has 8 heteroatoms. The molecule has 3 N–H and O–H groups in total. The summed E-state index contributed by atoms with van der Waals surface area (Å²) in [4.78, 5) is 14.9. The van der Waals surface area contributed by atoms with Gasteiger partial charge >= 0.3 is 0 Å². The Morgan fingerprint density at radius 2 is 1.79 bits per heavy atom. The molecule has 0 spiro atoms. The highest BCUT2D eigenvalue weighted by Gasteiger charge is 2.35. The summed E-state index contributed by atoms with van der Waals surface area (Å²) in [6.45, 7) is 2.56. The largest absolute Gasteiger partial charge is 0.497 e. The van der Waals surface area contributed by atoms with Gasteiger partial charge in [0.1, 0.15) is 5.75 Å². The van der Waals surface area contributed by atoms with Crippen molar-refractivity contribution in [3.8, 4) is 5.75 Å². The molecule has 1 fully saturated rings. The maximum absolute atomic E-state index is 12.7. The van der Waals surface area contributed by atoms with Gasteiger partial charge in [0.2, 0.25) is 15.9 Å². The van der Waals surface area contributed by atoms with Crippen LogP contribution in [0.2, 0.25) is 0 Å². The van der Waals surface area contributed by atoms with E-state index in [1.165, 1.54) is 24.3 Å². The first-order valence-electron chi connectivity index (χ1n) is 9.10. The second-order valence-corrected chi connectivity index (χ2v) is 8.55. The number of carbonyl (C=O) groups is 1. The van der Waals surface area contributed by atoms with Crippen LogP contribution < -0.4 is 15.2 Å². The Bertz CT molecular complexity index is 923. The van der Waals surface area contributed by atoms with Crippen LogP contribution >= 0.6 is 0 Å². The molecule has 1 aliphatic carbocycles. The summed E-state index contributed by atoms with van der Waals surface area (Å²) in [5.74, 6) is 0.666. The molecule has 7 nitrogen and oxygen atoms in total. The fraction of sp³-hybridized carbons (Fsp3) is 0.350. The maximum atomic E-state index is 12.7. The Balaban J connectivity index is 1.67. The van der Waals surface area contributed by atoms with Crippen molar-refractivity contribution < 1.29 is 17.9 Å². The molecule has 3 rings (SSSR count). The SMILES string of the molecule is COc1ccc(CN(C2CC2)[C@H](C)C(=O)Nc2ccc(S(N)(=O)=O)cc2)cc1. The Hall–Kier alpha value is -2.42. The number of ether oxygens (including phenoxy) is 1. The summed E-state index contributed by atoms with van der Waals surface area (Å²) in [5, 5.41) is 7.95. The van der Waals surface area contributed by atoms with Crippen molar-refractivity contribution in [2.45, 2.75) is 43.3 Å². The van der Waals surface area contributed by atoms with E-state index < -0.39 is 10.0 Å². The second-order valence-electron chi connectivity index (χ2n) is 6.99. The molecule has 1 amide bonds. The molecule has 0 aromatic heterocycles. The number of anilines is 1. The topological polar surface area (TPSA) is 102 Å². The van der Waals surface area contributed by atoms with Crippen molar-refractivity contribution in [3.05, 3.63) is 54.1 Å². The number of nitrogens with one attached hydrogen (secondary N) is 1. The van der Waals surface area contributed by atoms with Gasteiger partial charge in [-0.15, -0.1) is 0 Å². The Morgan fingerprint density at radius 1 is 1.18 bits per heavy atom. The van der Waals surface area contributed by atoms with Gasteiger partial charge in [0.25, 0.3) is 0 Å². The lowest BCUT2D eigenvalue weighted by Crippen LogP contribution is -2.43. The summed E-state index contributed by atoms with van der Waals surface area (Å²) in [7, 11) is -2.12. The molecule has 0 unspecified atom stereocenters. The van der Waals surface area contributed by atoms with Crippen molar-refractivity contribution in [2.75, 3.05) is 12.4 Å². The van der Waals surface area contributed by atoms with E-state index in [4.69, 9.17) is 9.88 Å². The predicted molar refractivity (Wildman–Crippen MR) is 107 cm³/mol. The Kier molecular flexibility index (Phi) is 6.02. The normalized spacial score (nSPS) is 15.3. The number of carbonyl (C=O) groups excluding carboxylic acids is 1. The second kappa shape index (κ2) is 8.30. The number of nitrogens with two attached hydrogens (primary N) is 1. The zero-order valence-corrected chi connectivity index (χ0v) is 16.8. The molecule has 0 bridgehead atoms. The van der Waals surface area contributed by atoms with E-state index in [1.54, 1.807) is 7.11 Å². The fourth-order valence-corrected chi connectivity index (χ4v) is 3.57. The molecule has 2 aromatic rings. The quantitative estimate of drug-likeness (QED) is 0.704. The van der Waals surface area contributed by atoms with E-state index in [-0.39, 0.29) is 16.8 Å². The lowest BCUT2D eigenvalue weighted by atomic mass is 10.1. The zero-order valence-electron chi connectivity index (χ0n) is 16.0. The summed E-state index contributed by atoms with van der Waals surface area (Å²) >= 11 is 0. The molecule has 2 aromatic carbocycles. The number of amides is 1. The van der Waals surface area contributed by atoms with E-state index in [2.05, 4.69) is 10.2 Å². The Labute approximate surface area is 165 Å². The van der Waals surface area contributed by atoms with Crippen molar-refractivity contribution in [1.82, 2.24) is 4.90 Å². The first kappa shape index (κ1) is 20.3. The van der Waals surface area contributed by atoms with Crippen LogP contribution in [0.15, 0.2) is 53.4 Å². The van der Waals surface area contributed by atoms with Gasteiger partial charge in [-0.25, -0.2) is 13.6 Å². The summed E-state index contributed by atoms with van der Waals surface area (Å²) < 4.78 is 27.9. The van der Waals surface area contributed by atoms with Crippen LogP contribution in [0.5, 0.6) is 5.75 Å². The third-order valence-corrected chi connectivity index (χ3v) is 5.80. The Morgan fingerprint density at radius 3 is 2.29 bits per heavy atom. The molecular formula is C20H25N3O4S. The third-order valence-electron chi connectivity index (χ3n) is 4.87. The average molecular weight is 404 g/mol. The van der Waals surface area contributed by atoms with E-state index in [0.29, 0.717) is 18.3 Å². The van der Waals surface area contributed by atoms with Gasteiger partial charge in [0.15, 0.2) is 0 Å². The van der Waals surface area contributed by atoms with Crippen molar-refractivity contribution >= 4 is 21.6 Å². The lowest BCUT2D eigenvalue weighted by molar-refractivity contribution is -0.121. The summed E-state index contributed by atoms with van der Waals surface area (Å²) in [6, 6.07) is 13.7. The summed E-state index contributed by atoms with van der Waals surface area (Å²) in [5.41, 5.74) is 1.65. The minimum Gasteiger partial charge on any atom is -0.497 e. The molecule has 0 aliphatic heterocycles. The van der Waals surface area contributed by atoms with Gasteiger partial charge in [0, 0.05) is 18.3 Å². The van der Waals surface area contributed by atoms with Crippen molar-refractivity contribution in [3.63, 3.8) is 0 Å². The van der Waals surface area contributed by atoms with Gasteiger partial charge in [-0.1, -0.05) is 12.1 Å². The third kappa shape index (κ3) is 5.09. The number of hydrogen-bond donors (Lipinski definition) is 2. The van der Waals surface area contributed by atoms with Gasteiger partial charge in [0.05, 0.1) is 18.0 Å². The highest BCUT2D eigenvalue weighted by molar-refractivity contribution is 7.89. The molecule has 150 valence electrons. The average Bonchev–Trinajstić information content (AvgIpc) is 3.51. The van der Waals surface area contributed by atoms with E-state index >= 15 is 0 Å². The molecular weight excluding hydrogens is 378 g/mol. The lowest BCUT2D eigenvalue weighted by Gasteiger charge is -2.28. The maximum Gasteiger partial charge on any atom is 0.241 e. The fourth-order valence-electron chi connectivity index (χ4n) is 3.06. The minimum absolute atomic E-state index is 0.0117. The predicted octanol–water partition coefficient (Wildman–Crippen LogP) is 2.33. The van der Waals surface area contributed by atoms with Crippen LogP contribution in [0, 0.1) is 0 Å². The van der Waals surface area contributed by atoms with Crippen LogP contribution in [0.1, 0.15) is 25.3 Å². The monoisotopic (exact) mass is 403 g/mol. The number of benzene rings is 2. The van der Waals surface area contributed by atoms with E-state index in [9.17, 15) is 13.2 Å². The minimum atomic E-state index is -3.75. The molecule has 1 aliphatic rings. The van der Waals surface area contributed by atoms with Crippen LogP contribution in [0.3, 0.4) is 0 Å². The van der Waals surface area contributed by atoms with Gasteiger partial charge < -0.3 is 10.1 Å². The highest BCUT2D eigenvalue weighted by Crippen LogP contribution is 2.31. The number of primary sulfonamides is 1. The number of hydrogen-bond acceptors (Lipinski definition) is 5. The number of sulfonamides is 1. The molecule has 0 heterocycles. The first-order chi connectivity index (χ1) is 13.3. The number of rotatable bonds is 8. The first-order valence-corrected chi connectivity index (χ1v) is 10.6. The zero-order chi connectivity index (χ0) is 20.3. The highest BCUT2D eigenvalue weighted by atomic mass is 32.2. The summed E-state index contributed by atoms with van der Waals surface area (Å²) in [6.07, 6.45) is 2.16. The van der Waals surface area contributed by atoms with Crippen molar-refractivity contribution in [1.29, 1.82) is 0 Å². The van der Waals surface area contributed by atoms with Crippen LogP contribution in [-0.2, 0) is 21.4 Å². The molecule has 0 radical (unpaired) electrons. The molecule has 0 saturated heterocycles. The van der Waals surface area contributed by atoms with Gasteiger partial charge in [-0.3, -0.25) is 9.69 Å². The number of nitrogens with zero attached hydrogens (tertiary/aromatic N) is 1. The van der Waals surface area contributed by atoms with Crippen molar-refractivity contribution in [2.24, 2.45) is 5.14 Å². The molecule has 1 atom stereocenters. The molecule has 1 saturated carbocycles. The van der Waals surface area contributed by atoms with E-state index in [1.807, 2.05) is 31.2 Å². The standard InChI is InChI=1S/C20H25N3O4S/c1-14(20(24)22-16-5-11-19(12-6-16)28(21,25)26)23(17-7-8-17)13-15-3-9-18(27-2)10-4-15/h3-6,9-12,14,17H,7-8,13H2,1-2H3,(H,22,24)(H2,21,25,26)/t14-/m1/s1. The molecule has 28 heavy (non-hydrogen) atoms. The van der Waals surface area contributed by atoms with E-state index in [0.717, 1.165) is 24.2 Å². The van der Waals surface area contributed by atoms with Crippen LogP contribution in [0.4, 0.5) is 5.69 Å². The number of methoxy groups -OCH3 is 1. The smallest absolute Gasteiger partial charge is 0.241 e. The van der Waals surface area contributed by atoms with Crippen LogP contribution in [0.25, 0.3) is 0 Å². The van der Waals surface area contributed by atoms with Crippen LogP contribution in [-0.4, -0.2) is 38.4 Å².